The molecule has 0 radical (unpaired) electrons. The van der Waals surface area contributed by atoms with E-state index in [1.165, 1.54) is 11.3 Å². The Balaban J connectivity index is 1.78. The first kappa shape index (κ1) is 15.4. The number of nitrogens with zero attached hydrogens (tertiary/aromatic N) is 2. The summed E-state index contributed by atoms with van der Waals surface area (Å²) in [6, 6.07) is 9.85. The molecule has 0 unspecified atom stereocenters. The van der Waals surface area contributed by atoms with Crippen LogP contribution in [0.3, 0.4) is 0 Å². The van der Waals surface area contributed by atoms with Crippen LogP contribution in [0.2, 0.25) is 0 Å². The van der Waals surface area contributed by atoms with Crippen molar-refractivity contribution in [1.82, 2.24) is 9.88 Å². The fourth-order valence-corrected chi connectivity index (χ4v) is 4.69. The summed E-state index contributed by atoms with van der Waals surface area (Å²) in [5, 5.41) is 2.43. The minimum atomic E-state index is -0.817. The van der Waals surface area contributed by atoms with Crippen molar-refractivity contribution in [2.75, 3.05) is 24.6 Å². The van der Waals surface area contributed by atoms with Crippen molar-refractivity contribution >= 4 is 28.0 Å². The second-order valence-electron chi connectivity index (χ2n) is 5.57. The average molecular weight is 334 g/mol. The van der Waals surface area contributed by atoms with Crippen LogP contribution in [-0.2, 0) is 10.8 Å². The molecule has 116 valence electrons. The van der Waals surface area contributed by atoms with E-state index in [4.69, 9.17) is 0 Å². The van der Waals surface area contributed by atoms with E-state index in [1.54, 1.807) is 4.90 Å². The summed E-state index contributed by atoms with van der Waals surface area (Å²) in [5.41, 5.74) is 1.85. The molecule has 0 spiro atoms. The van der Waals surface area contributed by atoms with E-state index in [1.807, 2.05) is 42.6 Å². The number of hydrogen-bond acceptors (Lipinski definition) is 4. The first-order chi connectivity index (χ1) is 10.6. The Hall–Kier alpha value is -1.53. The number of hydrogen-bond donors (Lipinski definition) is 0. The Morgan fingerprint density at radius 2 is 2.14 bits per heavy atom. The molecule has 2 heterocycles. The second-order valence-corrected chi connectivity index (χ2v) is 8.05. The third-order valence-electron chi connectivity index (χ3n) is 3.64. The van der Waals surface area contributed by atoms with Gasteiger partial charge in [-0.15, -0.1) is 11.3 Å². The van der Waals surface area contributed by atoms with Gasteiger partial charge in [-0.2, -0.15) is 0 Å². The zero-order chi connectivity index (χ0) is 15.5. The molecule has 1 aromatic heterocycles. The van der Waals surface area contributed by atoms with E-state index in [2.05, 4.69) is 4.98 Å². The number of rotatable bonds is 2. The van der Waals surface area contributed by atoms with Crippen LogP contribution in [0.5, 0.6) is 0 Å². The van der Waals surface area contributed by atoms with Crippen molar-refractivity contribution in [1.29, 1.82) is 0 Å². The van der Waals surface area contributed by atoms with Gasteiger partial charge < -0.3 is 4.90 Å². The zero-order valence-electron chi connectivity index (χ0n) is 12.4. The maximum atomic E-state index is 12.6. The normalized spacial score (nSPS) is 22.3. The highest BCUT2D eigenvalue weighted by Gasteiger charge is 2.25. The van der Waals surface area contributed by atoms with Gasteiger partial charge in [0.2, 0.25) is 0 Å². The van der Waals surface area contributed by atoms with Gasteiger partial charge in [0.25, 0.3) is 5.91 Å². The molecule has 0 N–H and O–H groups in total. The minimum Gasteiger partial charge on any atom is -0.335 e. The number of carbonyl (C=O) groups excluding carboxylic acids is 1. The zero-order valence-corrected chi connectivity index (χ0v) is 14.0. The summed E-state index contributed by atoms with van der Waals surface area (Å²) in [6.45, 7) is 3.25. The SMILES string of the molecule is C[C@@H]1CN(C(=O)c2nc(-c3ccccc3)cs2)CC[S@](=O)C1. The maximum Gasteiger partial charge on any atom is 0.282 e. The monoisotopic (exact) mass is 334 g/mol. The van der Waals surface area contributed by atoms with Gasteiger partial charge in [0, 0.05) is 46.3 Å². The van der Waals surface area contributed by atoms with Crippen LogP contribution >= 0.6 is 11.3 Å². The van der Waals surface area contributed by atoms with Crippen LogP contribution < -0.4 is 0 Å². The lowest BCUT2D eigenvalue weighted by molar-refractivity contribution is 0.0751. The van der Waals surface area contributed by atoms with Crippen molar-refractivity contribution in [3.8, 4) is 11.3 Å². The molecule has 0 saturated carbocycles. The molecule has 1 fully saturated rings. The fourth-order valence-electron chi connectivity index (χ4n) is 2.57. The first-order valence-electron chi connectivity index (χ1n) is 7.28. The van der Waals surface area contributed by atoms with E-state index in [0.717, 1.165) is 11.3 Å². The van der Waals surface area contributed by atoms with Gasteiger partial charge in [-0.05, 0) is 5.92 Å². The van der Waals surface area contributed by atoms with E-state index in [9.17, 15) is 9.00 Å². The molecule has 1 aliphatic rings. The van der Waals surface area contributed by atoms with Crippen molar-refractivity contribution in [2.24, 2.45) is 5.92 Å². The Kier molecular flexibility index (Phi) is 4.69. The Morgan fingerprint density at radius 1 is 1.36 bits per heavy atom. The summed E-state index contributed by atoms with van der Waals surface area (Å²) in [4.78, 5) is 18.9. The highest BCUT2D eigenvalue weighted by atomic mass is 32.2. The molecule has 0 bridgehead atoms. The summed E-state index contributed by atoms with van der Waals surface area (Å²) in [7, 11) is -0.817. The highest BCUT2D eigenvalue weighted by molar-refractivity contribution is 7.85. The molecule has 0 aliphatic carbocycles. The fraction of sp³-hybridized carbons (Fsp3) is 0.375. The van der Waals surface area contributed by atoms with Gasteiger partial charge >= 0.3 is 0 Å². The molecular weight excluding hydrogens is 316 g/mol. The molecule has 1 amide bonds. The Bertz CT molecular complexity index is 684. The van der Waals surface area contributed by atoms with Crippen LogP contribution in [0.4, 0.5) is 0 Å². The largest absolute Gasteiger partial charge is 0.335 e. The maximum absolute atomic E-state index is 12.6. The molecule has 2 atom stereocenters. The predicted molar refractivity (Wildman–Crippen MR) is 90.5 cm³/mol. The Morgan fingerprint density at radius 3 is 2.91 bits per heavy atom. The number of benzene rings is 1. The van der Waals surface area contributed by atoms with E-state index >= 15 is 0 Å². The quantitative estimate of drug-likeness (QED) is 0.848. The van der Waals surface area contributed by atoms with Crippen LogP contribution in [0.25, 0.3) is 11.3 Å². The van der Waals surface area contributed by atoms with Crippen molar-refractivity contribution < 1.29 is 9.00 Å². The lowest BCUT2D eigenvalue weighted by Crippen LogP contribution is -2.35. The summed E-state index contributed by atoms with van der Waals surface area (Å²) >= 11 is 1.38. The summed E-state index contributed by atoms with van der Waals surface area (Å²) in [6.07, 6.45) is 0. The lowest BCUT2D eigenvalue weighted by Gasteiger charge is -2.20. The molecule has 3 rings (SSSR count). The number of carbonyl (C=O) groups is 1. The minimum absolute atomic E-state index is 0.0436. The van der Waals surface area contributed by atoms with Crippen molar-refractivity contribution in [2.45, 2.75) is 6.92 Å². The molecule has 6 heteroatoms. The smallest absolute Gasteiger partial charge is 0.282 e. The number of aromatic nitrogens is 1. The van der Waals surface area contributed by atoms with Crippen LogP contribution in [-0.4, -0.2) is 44.6 Å². The van der Waals surface area contributed by atoms with Crippen molar-refractivity contribution in [3.05, 3.63) is 40.7 Å². The Labute approximate surface area is 136 Å². The number of thiazole rings is 1. The van der Waals surface area contributed by atoms with Gasteiger partial charge in [-0.3, -0.25) is 9.00 Å². The molecule has 1 aliphatic heterocycles. The first-order valence-corrected chi connectivity index (χ1v) is 9.65. The van der Waals surface area contributed by atoms with Gasteiger partial charge in [0.15, 0.2) is 5.01 Å². The molecule has 1 saturated heterocycles. The van der Waals surface area contributed by atoms with Gasteiger partial charge in [-0.1, -0.05) is 37.3 Å². The third kappa shape index (κ3) is 3.44. The van der Waals surface area contributed by atoms with Crippen LogP contribution in [0.1, 0.15) is 16.7 Å². The van der Waals surface area contributed by atoms with E-state index in [0.29, 0.717) is 29.6 Å². The summed E-state index contributed by atoms with van der Waals surface area (Å²) < 4.78 is 11.7. The molecule has 4 nitrogen and oxygen atoms in total. The van der Waals surface area contributed by atoms with Gasteiger partial charge in [0.05, 0.1) is 5.69 Å². The molecule has 2 aromatic rings. The van der Waals surface area contributed by atoms with Crippen LogP contribution in [0, 0.1) is 5.92 Å². The van der Waals surface area contributed by atoms with Gasteiger partial charge in [0.1, 0.15) is 0 Å². The lowest BCUT2D eigenvalue weighted by atomic mass is 10.2. The average Bonchev–Trinajstić information content (AvgIpc) is 2.94. The third-order valence-corrected chi connectivity index (χ3v) is 6.04. The molecule has 1 aromatic carbocycles. The van der Waals surface area contributed by atoms with Crippen molar-refractivity contribution in [3.63, 3.8) is 0 Å². The predicted octanol–water partition coefficient (Wildman–Crippen LogP) is 2.65. The molecule has 22 heavy (non-hydrogen) atoms. The van der Waals surface area contributed by atoms with Gasteiger partial charge in [-0.25, -0.2) is 4.98 Å². The van der Waals surface area contributed by atoms with E-state index in [-0.39, 0.29) is 11.8 Å². The summed E-state index contributed by atoms with van der Waals surface area (Å²) in [5.74, 6) is 1.46. The standard InChI is InChI=1S/C16H18N2O2S2/c1-12-9-18(7-8-22(20)11-12)16(19)15-17-14(10-21-15)13-5-3-2-4-6-13/h2-6,10,12H,7-9,11H2,1H3/t12-,22+/m1/s1. The highest BCUT2D eigenvalue weighted by Crippen LogP contribution is 2.23. The molecular formula is C16H18N2O2S2. The topological polar surface area (TPSA) is 50.3 Å². The number of amides is 1. The van der Waals surface area contributed by atoms with Crippen LogP contribution in [0.15, 0.2) is 35.7 Å². The van der Waals surface area contributed by atoms with E-state index < -0.39 is 10.8 Å². The second kappa shape index (κ2) is 6.71.